The molecule has 0 amide bonds. The van der Waals surface area contributed by atoms with Crippen LogP contribution in [0.4, 0.5) is 0 Å². The lowest BCUT2D eigenvalue weighted by Gasteiger charge is -2.18. The molecular formula is C10H21NO. The molecule has 12 heavy (non-hydrogen) atoms. The molecule has 0 spiro atoms. The first-order chi connectivity index (χ1) is 5.86. The highest BCUT2D eigenvalue weighted by Gasteiger charge is 2.14. The van der Waals surface area contributed by atoms with Crippen LogP contribution in [-0.2, 0) is 0 Å². The molecule has 0 saturated carbocycles. The fraction of sp³-hybridized carbons (Fsp3) is 1.00. The molecule has 0 radical (unpaired) electrons. The molecular weight excluding hydrogens is 150 g/mol. The van der Waals surface area contributed by atoms with Gasteiger partial charge in [-0.1, -0.05) is 6.92 Å². The third-order valence-electron chi connectivity index (χ3n) is 2.74. The summed E-state index contributed by atoms with van der Waals surface area (Å²) in [7, 11) is 0. The van der Waals surface area contributed by atoms with Crippen molar-refractivity contribution in [3.8, 4) is 0 Å². The van der Waals surface area contributed by atoms with Crippen molar-refractivity contribution in [1.82, 2.24) is 4.90 Å². The summed E-state index contributed by atoms with van der Waals surface area (Å²) in [4.78, 5) is 2.52. The van der Waals surface area contributed by atoms with Crippen LogP contribution in [0.15, 0.2) is 0 Å². The lowest BCUT2D eigenvalue weighted by atomic mass is 10.0. The monoisotopic (exact) mass is 171 g/mol. The average molecular weight is 171 g/mol. The summed E-state index contributed by atoms with van der Waals surface area (Å²) in [6, 6.07) is 0. The second-order valence-corrected chi connectivity index (χ2v) is 3.82. The molecule has 72 valence electrons. The van der Waals surface area contributed by atoms with E-state index in [1.54, 1.807) is 0 Å². The van der Waals surface area contributed by atoms with E-state index in [0.717, 1.165) is 0 Å². The van der Waals surface area contributed by atoms with Crippen LogP contribution in [0.1, 0.15) is 32.6 Å². The normalized spacial score (nSPS) is 27.0. The standard InChI is InChI=1S/C10H21NO/c1-2-6-11-7-3-4-10(9-12)5-8-11/h10,12H,2-9H2,1H3. The highest BCUT2D eigenvalue weighted by molar-refractivity contribution is 4.68. The van der Waals surface area contributed by atoms with Gasteiger partial charge in [0.25, 0.3) is 0 Å². The molecule has 2 heteroatoms. The van der Waals surface area contributed by atoms with E-state index in [1.165, 1.54) is 45.3 Å². The minimum absolute atomic E-state index is 0.389. The maximum atomic E-state index is 9.01. The van der Waals surface area contributed by atoms with Gasteiger partial charge in [0.15, 0.2) is 0 Å². The first-order valence-electron chi connectivity index (χ1n) is 5.20. The molecule has 0 aromatic heterocycles. The molecule has 1 aliphatic rings. The fourth-order valence-corrected chi connectivity index (χ4v) is 1.95. The summed E-state index contributed by atoms with van der Waals surface area (Å²) in [6.07, 6.45) is 4.93. The summed E-state index contributed by atoms with van der Waals surface area (Å²) in [5.74, 6) is 0.576. The quantitative estimate of drug-likeness (QED) is 0.695. The van der Waals surface area contributed by atoms with Gasteiger partial charge in [-0.15, -0.1) is 0 Å². The number of hydrogen-bond donors (Lipinski definition) is 1. The van der Waals surface area contributed by atoms with Gasteiger partial charge >= 0.3 is 0 Å². The predicted molar refractivity (Wildman–Crippen MR) is 51.2 cm³/mol. The molecule has 1 N–H and O–H groups in total. The van der Waals surface area contributed by atoms with Gasteiger partial charge in [-0.25, -0.2) is 0 Å². The molecule has 1 fully saturated rings. The Morgan fingerprint density at radius 1 is 1.33 bits per heavy atom. The van der Waals surface area contributed by atoms with E-state index in [1.807, 2.05) is 0 Å². The van der Waals surface area contributed by atoms with Gasteiger partial charge in [0, 0.05) is 6.61 Å². The van der Waals surface area contributed by atoms with Crippen LogP contribution in [-0.4, -0.2) is 36.2 Å². The molecule has 1 rings (SSSR count). The molecule has 1 saturated heterocycles. The van der Waals surface area contributed by atoms with E-state index in [4.69, 9.17) is 5.11 Å². The van der Waals surface area contributed by atoms with Gasteiger partial charge in [-0.2, -0.15) is 0 Å². The van der Waals surface area contributed by atoms with E-state index >= 15 is 0 Å². The van der Waals surface area contributed by atoms with Gasteiger partial charge in [0.1, 0.15) is 0 Å². The lowest BCUT2D eigenvalue weighted by Crippen LogP contribution is -2.25. The molecule has 0 bridgehead atoms. The minimum atomic E-state index is 0.389. The van der Waals surface area contributed by atoms with Crippen LogP contribution in [0.25, 0.3) is 0 Å². The van der Waals surface area contributed by atoms with Gasteiger partial charge in [0.2, 0.25) is 0 Å². The molecule has 0 aromatic carbocycles. The predicted octanol–water partition coefficient (Wildman–Crippen LogP) is 1.49. The molecule has 1 aliphatic heterocycles. The van der Waals surface area contributed by atoms with Crippen LogP contribution in [0.2, 0.25) is 0 Å². The van der Waals surface area contributed by atoms with E-state index in [-0.39, 0.29) is 0 Å². The van der Waals surface area contributed by atoms with Gasteiger partial charge in [-0.3, -0.25) is 0 Å². The average Bonchev–Trinajstić information content (AvgIpc) is 2.31. The van der Waals surface area contributed by atoms with Gasteiger partial charge in [-0.05, 0) is 51.2 Å². The Hall–Kier alpha value is -0.0800. The Morgan fingerprint density at radius 2 is 2.17 bits per heavy atom. The number of aliphatic hydroxyl groups is 1. The second kappa shape index (κ2) is 5.55. The lowest BCUT2D eigenvalue weighted by molar-refractivity contribution is 0.208. The molecule has 1 atom stereocenters. The summed E-state index contributed by atoms with van der Waals surface area (Å²) in [5, 5.41) is 9.01. The van der Waals surface area contributed by atoms with E-state index in [0.29, 0.717) is 12.5 Å². The van der Waals surface area contributed by atoms with Crippen molar-refractivity contribution in [3.05, 3.63) is 0 Å². The highest BCUT2D eigenvalue weighted by atomic mass is 16.3. The number of aliphatic hydroxyl groups excluding tert-OH is 1. The van der Waals surface area contributed by atoms with E-state index in [9.17, 15) is 0 Å². The van der Waals surface area contributed by atoms with Crippen LogP contribution in [0.5, 0.6) is 0 Å². The third-order valence-corrected chi connectivity index (χ3v) is 2.74. The van der Waals surface area contributed by atoms with Crippen molar-refractivity contribution in [3.63, 3.8) is 0 Å². The van der Waals surface area contributed by atoms with Crippen molar-refractivity contribution in [2.75, 3.05) is 26.2 Å². The number of nitrogens with zero attached hydrogens (tertiary/aromatic N) is 1. The Morgan fingerprint density at radius 3 is 2.83 bits per heavy atom. The topological polar surface area (TPSA) is 23.5 Å². The number of likely N-dealkylation sites (tertiary alicyclic amines) is 1. The molecule has 0 aromatic rings. The summed E-state index contributed by atoms with van der Waals surface area (Å²) in [5.41, 5.74) is 0. The number of hydrogen-bond acceptors (Lipinski definition) is 2. The minimum Gasteiger partial charge on any atom is -0.396 e. The van der Waals surface area contributed by atoms with Gasteiger partial charge < -0.3 is 10.0 Å². The molecule has 1 heterocycles. The Balaban J connectivity index is 2.24. The SMILES string of the molecule is CCCN1CCCC(CO)CC1. The van der Waals surface area contributed by atoms with Crippen LogP contribution in [0.3, 0.4) is 0 Å². The van der Waals surface area contributed by atoms with E-state index < -0.39 is 0 Å². The smallest absolute Gasteiger partial charge is 0.0459 e. The maximum absolute atomic E-state index is 9.01. The first kappa shape index (κ1) is 10.0. The number of rotatable bonds is 3. The Kier molecular flexibility index (Phi) is 4.62. The fourth-order valence-electron chi connectivity index (χ4n) is 1.95. The summed E-state index contributed by atoms with van der Waals surface area (Å²) >= 11 is 0. The Labute approximate surface area is 75.6 Å². The van der Waals surface area contributed by atoms with Crippen molar-refractivity contribution in [2.24, 2.45) is 5.92 Å². The highest BCUT2D eigenvalue weighted by Crippen LogP contribution is 2.16. The van der Waals surface area contributed by atoms with Gasteiger partial charge in [0.05, 0.1) is 0 Å². The Bertz CT molecular complexity index is 116. The largest absolute Gasteiger partial charge is 0.396 e. The first-order valence-corrected chi connectivity index (χ1v) is 5.20. The maximum Gasteiger partial charge on any atom is 0.0459 e. The third kappa shape index (κ3) is 3.11. The summed E-state index contributed by atoms with van der Waals surface area (Å²) in [6.45, 7) is 6.29. The zero-order chi connectivity index (χ0) is 8.81. The van der Waals surface area contributed by atoms with Crippen LogP contribution in [0, 0.1) is 5.92 Å². The van der Waals surface area contributed by atoms with Crippen molar-refractivity contribution in [2.45, 2.75) is 32.6 Å². The summed E-state index contributed by atoms with van der Waals surface area (Å²) < 4.78 is 0. The van der Waals surface area contributed by atoms with Crippen LogP contribution >= 0.6 is 0 Å². The van der Waals surface area contributed by atoms with Crippen LogP contribution < -0.4 is 0 Å². The zero-order valence-electron chi connectivity index (χ0n) is 8.13. The molecule has 1 unspecified atom stereocenters. The second-order valence-electron chi connectivity index (χ2n) is 3.82. The molecule has 2 nitrogen and oxygen atoms in total. The van der Waals surface area contributed by atoms with Crippen molar-refractivity contribution >= 4 is 0 Å². The zero-order valence-corrected chi connectivity index (χ0v) is 8.13. The van der Waals surface area contributed by atoms with Crippen molar-refractivity contribution in [1.29, 1.82) is 0 Å². The van der Waals surface area contributed by atoms with E-state index in [2.05, 4.69) is 11.8 Å². The van der Waals surface area contributed by atoms with Crippen molar-refractivity contribution < 1.29 is 5.11 Å². The molecule has 0 aliphatic carbocycles.